The van der Waals surface area contributed by atoms with Crippen LogP contribution in [0.15, 0.2) is 60.7 Å². The second-order valence-electron chi connectivity index (χ2n) is 7.09. The van der Waals surface area contributed by atoms with Crippen LogP contribution in [0.5, 0.6) is 0 Å². The summed E-state index contributed by atoms with van der Waals surface area (Å²) in [5, 5.41) is 18.1. The monoisotopic (exact) mass is 405 g/mol. The number of aryl methyl sites for hydroxylation is 1. The van der Waals surface area contributed by atoms with Gasteiger partial charge in [0.25, 0.3) is 5.69 Å². The normalized spacial score (nSPS) is 16.0. The lowest BCUT2D eigenvalue weighted by atomic mass is 10.1. The number of carbonyl (C=O) groups is 2. The number of rotatable bonds is 5. The highest BCUT2D eigenvalue weighted by Gasteiger charge is 2.35. The van der Waals surface area contributed by atoms with Gasteiger partial charge in [0, 0.05) is 36.9 Å². The molecule has 1 N–H and O–H groups in total. The predicted molar refractivity (Wildman–Crippen MR) is 110 cm³/mol. The van der Waals surface area contributed by atoms with Gasteiger partial charge in [0.05, 0.1) is 22.2 Å². The minimum atomic E-state index is -0.488. The Balaban J connectivity index is 1.52. The third-order valence-corrected chi connectivity index (χ3v) is 4.95. The van der Waals surface area contributed by atoms with E-state index in [0.717, 1.165) is 5.69 Å². The summed E-state index contributed by atoms with van der Waals surface area (Å²) in [6.45, 7) is 2.09. The summed E-state index contributed by atoms with van der Waals surface area (Å²) < 4.78 is 1.52. The first-order chi connectivity index (χ1) is 14.4. The van der Waals surface area contributed by atoms with Gasteiger partial charge >= 0.3 is 0 Å². The van der Waals surface area contributed by atoms with E-state index < -0.39 is 10.8 Å². The van der Waals surface area contributed by atoms with E-state index in [0.29, 0.717) is 23.7 Å². The molecule has 3 aromatic rings. The van der Waals surface area contributed by atoms with Crippen LogP contribution in [0.1, 0.15) is 12.1 Å². The van der Waals surface area contributed by atoms with E-state index >= 15 is 0 Å². The first-order valence-corrected chi connectivity index (χ1v) is 9.40. The molecule has 1 aliphatic heterocycles. The molecule has 4 rings (SSSR count). The van der Waals surface area contributed by atoms with Gasteiger partial charge in [-0.3, -0.25) is 19.7 Å². The molecule has 30 heavy (non-hydrogen) atoms. The van der Waals surface area contributed by atoms with E-state index in [1.54, 1.807) is 30.0 Å². The van der Waals surface area contributed by atoms with Crippen LogP contribution in [-0.2, 0) is 9.59 Å². The average Bonchev–Trinajstić information content (AvgIpc) is 3.31. The molecule has 0 radical (unpaired) electrons. The summed E-state index contributed by atoms with van der Waals surface area (Å²) in [5.41, 5.74) is 2.00. The lowest BCUT2D eigenvalue weighted by molar-refractivity contribution is -0.384. The Labute approximate surface area is 172 Å². The predicted octanol–water partition coefficient (Wildman–Crippen LogP) is 3.08. The first kappa shape index (κ1) is 19.3. The molecule has 0 saturated carbocycles. The van der Waals surface area contributed by atoms with Crippen LogP contribution in [-0.4, -0.2) is 33.1 Å². The van der Waals surface area contributed by atoms with E-state index in [1.165, 1.54) is 16.8 Å². The van der Waals surface area contributed by atoms with E-state index in [4.69, 9.17) is 0 Å². The third kappa shape index (κ3) is 3.77. The highest BCUT2D eigenvalue weighted by molar-refractivity contribution is 6.03. The highest BCUT2D eigenvalue weighted by atomic mass is 16.6. The Kier molecular flexibility index (Phi) is 5.01. The van der Waals surface area contributed by atoms with Gasteiger partial charge in [0.2, 0.25) is 11.8 Å². The van der Waals surface area contributed by atoms with Gasteiger partial charge in [-0.2, -0.15) is 5.10 Å². The van der Waals surface area contributed by atoms with E-state index in [1.807, 2.05) is 30.3 Å². The van der Waals surface area contributed by atoms with Crippen LogP contribution in [0.2, 0.25) is 0 Å². The summed E-state index contributed by atoms with van der Waals surface area (Å²) in [7, 11) is 0. The fraction of sp³-hybridized carbons (Fsp3) is 0.190. The van der Waals surface area contributed by atoms with E-state index in [-0.39, 0.29) is 23.9 Å². The lowest BCUT2D eigenvalue weighted by Gasteiger charge is -2.16. The molecule has 0 aliphatic carbocycles. The van der Waals surface area contributed by atoms with Crippen molar-refractivity contribution in [2.75, 3.05) is 16.8 Å². The van der Waals surface area contributed by atoms with Gasteiger partial charge in [-0.25, -0.2) is 4.68 Å². The van der Waals surface area contributed by atoms with E-state index in [9.17, 15) is 19.7 Å². The standard InChI is InChI=1S/C21H19N5O4/c1-14-11-19(25(23-14)17-7-9-18(10-8-17)26(29)30)22-21(28)15-12-20(27)24(13-15)16-5-3-2-4-6-16/h2-11,15H,12-13H2,1H3,(H,22,28). The molecule has 9 heteroatoms. The molecule has 2 heterocycles. The van der Waals surface area contributed by atoms with E-state index in [2.05, 4.69) is 10.4 Å². The highest BCUT2D eigenvalue weighted by Crippen LogP contribution is 2.27. The van der Waals surface area contributed by atoms with Gasteiger partial charge in [-0.05, 0) is 31.2 Å². The largest absolute Gasteiger partial charge is 0.312 e. The van der Waals surface area contributed by atoms with Crippen LogP contribution < -0.4 is 10.2 Å². The number of para-hydroxylation sites is 1. The number of benzene rings is 2. The van der Waals surface area contributed by atoms with Crippen molar-refractivity contribution >= 4 is 29.0 Å². The van der Waals surface area contributed by atoms with Crippen molar-refractivity contribution in [2.24, 2.45) is 5.92 Å². The van der Waals surface area contributed by atoms with Gasteiger partial charge in [0.1, 0.15) is 5.82 Å². The number of hydrogen-bond donors (Lipinski definition) is 1. The average molecular weight is 405 g/mol. The number of nitrogens with one attached hydrogen (secondary N) is 1. The molecule has 1 saturated heterocycles. The molecule has 2 aromatic carbocycles. The molecular weight excluding hydrogens is 386 g/mol. The Bertz CT molecular complexity index is 1110. The summed E-state index contributed by atoms with van der Waals surface area (Å²) >= 11 is 0. The Hall–Kier alpha value is -4.01. The van der Waals surface area contributed by atoms with Crippen molar-refractivity contribution in [3.05, 3.63) is 76.5 Å². The molecular formula is C21H19N5O4. The second kappa shape index (κ2) is 7.78. The zero-order valence-corrected chi connectivity index (χ0v) is 16.2. The zero-order chi connectivity index (χ0) is 21.3. The van der Waals surface area contributed by atoms with Gasteiger partial charge < -0.3 is 10.2 Å². The summed E-state index contributed by atoms with van der Waals surface area (Å²) in [6.07, 6.45) is 0.130. The molecule has 0 spiro atoms. The SMILES string of the molecule is Cc1cc(NC(=O)C2CC(=O)N(c3ccccc3)C2)n(-c2ccc([N+](=O)[O-])cc2)n1. The minimum absolute atomic E-state index is 0.0290. The zero-order valence-electron chi connectivity index (χ0n) is 16.2. The van der Waals surface area contributed by atoms with Gasteiger partial charge in [-0.15, -0.1) is 0 Å². The van der Waals surface area contributed by atoms with Crippen LogP contribution in [0, 0.1) is 23.0 Å². The molecule has 1 atom stereocenters. The van der Waals surface area contributed by atoms with Crippen molar-refractivity contribution in [3.8, 4) is 5.69 Å². The number of nitro benzene ring substituents is 1. The number of carbonyl (C=O) groups excluding carboxylic acids is 2. The quantitative estimate of drug-likeness (QED) is 0.518. The maximum absolute atomic E-state index is 12.9. The maximum atomic E-state index is 12.9. The number of non-ortho nitro benzene ring substituents is 1. The summed E-state index contributed by atoms with van der Waals surface area (Å²) in [5.74, 6) is -0.415. The van der Waals surface area contributed by atoms with Crippen LogP contribution >= 0.6 is 0 Å². The number of nitrogens with zero attached hydrogens (tertiary/aromatic N) is 4. The number of aromatic nitrogens is 2. The molecule has 1 aromatic heterocycles. The number of nitro groups is 1. The summed E-state index contributed by atoms with van der Waals surface area (Å²) in [6, 6.07) is 16.9. The molecule has 9 nitrogen and oxygen atoms in total. The van der Waals surface area contributed by atoms with Crippen molar-refractivity contribution < 1.29 is 14.5 Å². The Morgan fingerprint density at radius 3 is 2.50 bits per heavy atom. The lowest BCUT2D eigenvalue weighted by Crippen LogP contribution is -2.28. The first-order valence-electron chi connectivity index (χ1n) is 9.40. The fourth-order valence-corrected chi connectivity index (χ4v) is 3.47. The van der Waals surface area contributed by atoms with Crippen LogP contribution in [0.25, 0.3) is 5.69 Å². The van der Waals surface area contributed by atoms with Crippen molar-refractivity contribution in [1.29, 1.82) is 0 Å². The third-order valence-electron chi connectivity index (χ3n) is 4.95. The molecule has 0 bridgehead atoms. The number of hydrogen-bond acceptors (Lipinski definition) is 5. The number of amides is 2. The topological polar surface area (TPSA) is 110 Å². The Morgan fingerprint density at radius 1 is 1.13 bits per heavy atom. The smallest absolute Gasteiger partial charge is 0.269 e. The fourth-order valence-electron chi connectivity index (χ4n) is 3.47. The van der Waals surface area contributed by atoms with Crippen molar-refractivity contribution in [2.45, 2.75) is 13.3 Å². The van der Waals surface area contributed by atoms with Gasteiger partial charge in [-0.1, -0.05) is 18.2 Å². The maximum Gasteiger partial charge on any atom is 0.269 e. The Morgan fingerprint density at radius 2 is 1.83 bits per heavy atom. The molecule has 2 amide bonds. The second-order valence-corrected chi connectivity index (χ2v) is 7.09. The number of anilines is 2. The van der Waals surface area contributed by atoms with Gasteiger partial charge in [0.15, 0.2) is 0 Å². The van der Waals surface area contributed by atoms with Crippen LogP contribution in [0.4, 0.5) is 17.2 Å². The van der Waals surface area contributed by atoms with Crippen molar-refractivity contribution in [1.82, 2.24) is 9.78 Å². The summed E-state index contributed by atoms with van der Waals surface area (Å²) in [4.78, 5) is 37.2. The molecule has 152 valence electrons. The molecule has 1 aliphatic rings. The molecule has 1 fully saturated rings. The van der Waals surface area contributed by atoms with Crippen molar-refractivity contribution in [3.63, 3.8) is 0 Å². The minimum Gasteiger partial charge on any atom is -0.312 e. The molecule has 1 unspecified atom stereocenters. The van der Waals surface area contributed by atoms with Crippen LogP contribution in [0.3, 0.4) is 0 Å².